The lowest BCUT2D eigenvalue weighted by molar-refractivity contribution is 0.187. The summed E-state index contributed by atoms with van der Waals surface area (Å²) in [5.41, 5.74) is 3.66. The molecule has 1 saturated heterocycles. The van der Waals surface area contributed by atoms with E-state index in [0.717, 1.165) is 68.3 Å². The van der Waals surface area contributed by atoms with Crippen molar-refractivity contribution in [3.8, 4) is 23.0 Å². The highest BCUT2D eigenvalue weighted by Gasteiger charge is 2.17. The predicted molar refractivity (Wildman–Crippen MR) is 139 cm³/mol. The molecule has 3 aromatic heterocycles. The number of nitrogens with one attached hydrogen (secondary N) is 1. The van der Waals surface area contributed by atoms with Crippen molar-refractivity contribution in [2.75, 3.05) is 19.7 Å². The molecule has 4 aromatic rings. The molecule has 7 heteroatoms. The van der Waals surface area contributed by atoms with Gasteiger partial charge in [-0.1, -0.05) is 13.3 Å². The van der Waals surface area contributed by atoms with Gasteiger partial charge in [-0.25, -0.2) is 4.98 Å². The standard InChI is InChI=1S/C27H34N4O2S/c1-3-5-20-19-29-27(25-18-26-24(30(25)2)12-17-34-26)31(20)15-16-32-21-7-9-23(10-8-21)33-22-6-4-13-28-14-11-22/h7-10,12,17-19,22,28H,3-6,11,13-16H2,1-2H3. The summed E-state index contributed by atoms with van der Waals surface area (Å²) >= 11 is 1.77. The molecule has 0 radical (unpaired) electrons. The molecule has 1 aromatic carbocycles. The number of rotatable bonds is 9. The van der Waals surface area contributed by atoms with Crippen LogP contribution < -0.4 is 14.8 Å². The zero-order chi connectivity index (χ0) is 23.3. The third kappa shape index (κ3) is 5.00. The molecule has 1 atom stereocenters. The summed E-state index contributed by atoms with van der Waals surface area (Å²) in [6.45, 7) is 5.68. The summed E-state index contributed by atoms with van der Waals surface area (Å²) in [5.74, 6) is 2.80. The summed E-state index contributed by atoms with van der Waals surface area (Å²) in [7, 11) is 2.12. The summed E-state index contributed by atoms with van der Waals surface area (Å²) in [4.78, 5) is 4.81. The minimum absolute atomic E-state index is 0.297. The topological polar surface area (TPSA) is 53.2 Å². The van der Waals surface area contributed by atoms with Gasteiger partial charge in [-0.2, -0.15) is 0 Å². The number of hydrogen-bond donors (Lipinski definition) is 1. The Morgan fingerprint density at radius 2 is 1.97 bits per heavy atom. The van der Waals surface area contributed by atoms with Crippen LogP contribution in [0.5, 0.6) is 11.5 Å². The maximum atomic E-state index is 6.18. The Bertz CT molecular complexity index is 1200. The quantitative estimate of drug-likeness (QED) is 0.337. The van der Waals surface area contributed by atoms with E-state index >= 15 is 0 Å². The van der Waals surface area contributed by atoms with Gasteiger partial charge in [0.05, 0.1) is 28.6 Å². The van der Waals surface area contributed by atoms with Gasteiger partial charge in [0.15, 0.2) is 5.82 Å². The van der Waals surface area contributed by atoms with E-state index in [-0.39, 0.29) is 0 Å². The number of hydrogen-bond acceptors (Lipinski definition) is 5. The lowest BCUT2D eigenvalue weighted by Crippen LogP contribution is -2.19. The molecule has 1 fully saturated rings. The zero-order valence-electron chi connectivity index (χ0n) is 20.1. The maximum absolute atomic E-state index is 6.18. The van der Waals surface area contributed by atoms with Gasteiger partial charge >= 0.3 is 0 Å². The monoisotopic (exact) mass is 478 g/mol. The lowest BCUT2D eigenvalue weighted by Gasteiger charge is -2.17. The number of benzene rings is 1. The molecule has 6 nitrogen and oxygen atoms in total. The SMILES string of the molecule is CCCc1cnc(-c2cc3sccc3n2C)n1CCOc1ccc(OC2CCCNCC2)cc1. The first kappa shape index (κ1) is 23.0. The van der Waals surface area contributed by atoms with E-state index in [0.29, 0.717) is 12.7 Å². The van der Waals surface area contributed by atoms with Crippen molar-refractivity contribution in [2.45, 2.75) is 51.7 Å². The smallest absolute Gasteiger partial charge is 0.157 e. The number of fused-ring (bicyclic) bond motifs is 1. The number of aromatic nitrogens is 3. The molecule has 0 spiro atoms. The second-order valence-electron chi connectivity index (χ2n) is 8.97. The summed E-state index contributed by atoms with van der Waals surface area (Å²) in [5, 5.41) is 5.57. The van der Waals surface area contributed by atoms with Crippen LogP contribution in [0.1, 0.15) is 38.3 Å². The fraction of sp³-hybridized carbons (Fsp3) is 0.444. The van der Waals surface area contributed by atoms with Crippen LogP contribution in [0.2, 0.25) is 0 Å². The maximum Gasteiger partial charge on any atom is 0.157 e. The number of thiophene rings is 1. The highest BCUT2D eigenvalue weighted by atomic mass is 32.1. The first-order valence-corrected chi connectivity index (χ1v) is 13.3. The first-order valence-electron chi connectivity index (χ1n) is 12.4. The summed E-state index contributed by atoms with van der Waals surface area (Å²) < 4.78 is 18.2. The highest BCUT2D eigenvalue weighted by Crippen LogP contribution is 2.31. The van der Waals surface area contributed by atoms with Gasteiger partial charge in [0.25, 0.3) is 0 Å². The van der Waals surface area contributed by atoms with Gasteiger partial charge in [-0.3, -0.25) is 0 Å². The minimum atomic E-state index is 0.297. The molecule has 1 aliphatic heterocycles. The van der Waals surface area contributed by atoms with E-state index in [2.05, 4.69) is 45.9 Å². The highest BCUT2D eigenvalue weighted by molar-refractivity contribution is 7.17. The van der Waals surface area contributed by atoms with Crippen molar-refractivity contribution in [2.24, 2.45) is 7.05 Å². The van der Waals surface area contributed by atoms with Gasteiger partial charge in [0.2, 0.25) is 0 Å². The Balaban J connectivity index is 1.24. The van der Waals surface area contributed by atoms with Crippen molar-refractivity contribution in [1.29, 1.82) is 0 Å². The summed E-state index contributed by atoms with van der Waals surface area (Å²) in [6.07, 6.45) is 7.76. The molecule has 0 saturated carbocycles. The first-order chi connectivity index (χ1) is 16.7. The number of imidazole rings is 1. The molecule has 0 bridgehead atoms. The van der Waals surface area contributed by atoms with E-state index in [1.807, 2.05) is 30.5 Å². The van der Waals surface area contributed by atoms with Crippen LogP contribution in [0.15, 0.2) is 48.0 Å². The van der Waals surface area contributed by atoms with Crippen LogP contribution in [0.4, 0.5) is 0 Å². The van der Waals surface area contributed by atoms with Crippen LogP contribution in [-0.2, 0) is 20.0 Å². The molecule has 1 N–H and O–H groups in total. The van der Waals surface area contributed by atoms with Crippen molar-refractivity contribution in [3.05, 3.63) is 53.7 Å². The Labute approximate surface area is 205 Å². The van der Waals surface area contributed by atoms with Crippen molar-refractivity contribution in [3.63, 3.8) is 0 Å². The minimum Gasteiger partial charge on any atom is -0.492 e. The Kier molecular flexibility index (Phi) is 7.21. The molecule has 0 amide bonds. The fourth-order valence-corrected chi connectivity index (χ4v) is 5.60. The molecule has 4 heterocycles. The number of aryl methyl sites for hydroxylation is 2. The molecule has 1 unspecified atom stereocenters. The fourth-order valence-electron chi connectivity index (χ4n) is 4.75. The van der Waals surface area contributed by atoms with Gasteiger partial charge in [-0.15, -0.1) is 11.3 Å². The predicted octanol–water partition coefficient (Wildman–Crippen LogP) is 5.66. The lowest BCUT2D eigenvalue weighted by atomic mass is 10.1. The zero-order valence-corrected chi connectivity index (χ0v) is 20.9. The average molecular weight is 479 g/mol. The van der Waals surface area contributed by atoms with Gasteiger partial charge in [-0.05, 0) is 80.6 Å². The van der Waals surface area contributed by atoms with Crippen LogP contribution >= 0.6 is 11.3 Å². The van der Waals surface area contributed by atoms with Crippen LogP contribution in [0, 0.1) is 0 Å². The van der Waals surface area contributed by atoms with Crippen molar-refractivity contribution < 1.29 is 9.47 Å². The average Bonchev–Trinajstić information content (AvgIpc) is 3.48. The Morgan fingerprint density at radius 1 is 1.12 bits per heavy atom. The molecule has 180 valence electrons. The largest absolute Gasteiger partial charge is 0.492 e. The van der Waals surface area contributed by atoms with E-state index in [9.17, 15) is 0 Å². The molecule has 1 aliphatic rings. The van der Waals surface area contributed by atoms with Gasteiger partial charge in [0.1, 0.15) is 18.1 Å². The molecular formula is C27H34N4O2S. The molecular weight excluding hydrogens is 444 g/mol. The van der Waals surface area contributed by atoms with Gasteiger partial charge < -0.3 is 23.9 Å². The van der Waals surface area contributed by atoms with E-state index < -0.39 is 0 Å². The Morgan fingerprint density at radius 3 is 2.79 bits per heavy atom. The molecule has 5 rings (SSSR count). The normalized spacial score (nSPS) is 16.6. The van der Waals surface area contributed by atoms with E-state index in [4.69, 9.17) is 14.5 Å². The third-order valence-corrected chi connectivity index (χ3v) is 7.42. The molecule has 0 aliphatic carbocycles. The van der Waals surface area contributed by atoms with Crippen LogP contribution in [0.3, 0.4) is 0 Å². The van der Waals surface area contributed by atoms with Crippen molar-refractivity contribution >= 4 is 21.6 Å². The van der Waals surface area contributed by atoms with Crippen LogP contribution in [-0.4, -0.2) is 39.9 Å². The second kappa shape index (κ2) is 10.7. The number of ether oxygens (including phenoxy) is 2. The Hall–Kier alpha value is -2.77. The third-order valence-electron chi connectivity index (χ3n) is 6.57. The van der Waals surface area contributed by atoms with Crippen LogP contribution in [0.25, 0.3) is 21.7 Å². The van der Waals surface area contributed by atoms with Crippen molar-refractivity contribution in [1.82, 2.24) is 19.4 Å². The summed E-state index contributed by atoms with van der Waals surface area (Å²) in [6, 6.07) is 12.5. The number of nitrogens with zero attached hydrogens (tertiary/aromatic N) is 3. The second-order valence-corrected chi connectivity index (χ2v) is 9.92. The van der Waals surface area contributed by atoms with E-state index in [1.165, 1.54) is 22.3 Å². The molecule has 34 heavy (non-hydrogen) atoms. The van der Waals surface area contributed by atoms with E-state index in [1.54, 1.807) is 11.3 Å². The van der Waals surface area contributed by atoms with Gasteiger partial charge in [0, 0.05) is 18.9 Å².